The summed E-state index contributed by atoms with van der Waals surface area (Å²) in [6.07, 6.45) is 3.01. The van der Waals surface area contributed by atoms with Crippen LogP contribution < -0.4 is 0 Å². The predicted octanol–water partition coefficient (Wildman–Crippen LogP) is 2.47. The zero-order valence-corrected chi connectivity index (χ0v) is 9.99. The molecule has 0 N–H and O–H groups in total. The molecule has 0 bridgehead atoms. The van der Waals surface area contributed by atoms with Gasteiger partial charge in [-0.15, -0.1) is 0 Å². The lowest BCUT2D eigenvalue weighted by Gasteiger charge is -2.01. The predicted molar refractivity (Wildman–Crippen MR) is 63.5 cm³/mol. The Balaban J connectivity index is 1.93. The van der Waals surface area contributed by atoms with Crippen molar-refractivity contribution in [3.05, 3.63) is 54.9 Å². The molecule has 0 aromatic carbocycles. The molecule has 8 heteroatoms. The molecule has 0 radical (unpaired) electrons. The average Bonchev–Trinajstić information content (AvgIpc) is 3.08. The van der Waals surface area contributed by atoms with Gasteiger partial charge in [0.2, 0.25) is 0 Å². The van der Waals surface area contributed by atoms with E-state index in [1.165, 1.54) is 17.1 Å². The highest BCUT2D eigenvalue weighted by Crippen LogP contribution is 2.27. The Labute approximate surface area is 111 Å². The Hall–Kier alpha value is -2.64. The minimum atomic E-state index is -4.45. The summed E-state index contributed by atoms with van der Waals surface area (Å²) < 4.78 is 40.1. The standard InChI is InChI=1S/C12H8F3N5/c13-12(14,15)11-3-5-19(18-11)10-7-17-20(8-10)9-2-1-4-16-6-9/h1-8H. The zero-order chi connectivity index (χ0) is 14.2. The van der Waals surface area contributed by atoms with E-state index >= 15 is 0 Å². The van der Waals surface area contributed by atoms with Crippen LogP contribution in [0.1, 0.15) is 5.69 Å². The smallest absolute Gasteiger partial charge is 0.262 e. The van der Waals surface area contributed by atoms with Gasteiger partial charge in [0.25, 0.3) is 0 Å². The normalized spacial score (nSPS) is 11.8. The summed E-state index contributed by atoms with van der Waals surface area (Å²) in [5.41, 5.74) is 0.206. The van der Waals surface area contributed by atoms with Crippen molar-refractivity contribution in [2.24, 2.45) is 0 Å². The number of nitrogens with zero attached hydrogens (tertiary/aromatic N) is 5. The fourth-order valence-electron chi connectivity index (χ4n) is 1.68. The molecule has 0 amide bonds. The van der Waals surface area contributed by atoms with Crippen LogP contribution >= 0.6 is 0 Å². The van der Waals surface area contributed by atoms with Crippen molar-refractivity contribution in [1.29, 1.82) is 0 Å². The third-order valence-electron chi connectivity index (χ3n) is 2.62. The summed E-state index contributed by atoms with van der Waals surface area (Å²) in [5.74, 6) is 0. The van der Waals surface area contributed by atoms with E-state index in [2.05, 4.69) is 15.2 Å². The molecule has 0 saturated heterocycles. The van der Waals surface area contributed by atoms with Crippen LogP contribution in [0.25, 0.3) is 11.4 Å². The van der Waals surface area contributed by atoms with Gasteiger partial charge in [-0.05, 0) is 18.2 Å². The molecule has 0 atom stereocenters. The number of hydrogen-bond acceptors (Lipinski definition) is 3. The summed E-state index contributed by atoms with van der Waals surface area (Å²) >= 11 is 0. The lowest BCUT2D eigenvalue weighted by Crippen LogP contribution is -2.07. The zero-order valence-electron chi connectivity index (χ0n) is 9.99. The third-order valence-corrected chi connectivity index (χ3v) is 2.62. The van der Waals surface area contributed by atoms with Crippen molar-refractivity contribution < 1.29 is 13.2 Å². The van der Waals surface area contributed by atoms with Gasteiger partial charge in [0.1, 0.15) is 5.69 Å². The monoisotopic (exact) mass is 279 g/mol. The van der Waals surface area contributed by atoms with Crippen molar-refractivity contribution in [2.45, 2.75) is 6.18 Å². The maximum atomic E-state index is 12.5. The quantitative estimate of drug-likeness (QED) is 0.724. The van der Waals surface area contributed by atoms with Crippen LogP contribution in [0, 0.1) is 0 Å². The summed E-state index contributed by atoms with van der Waals surface area (Å²) in [6, 6.07) is 4.45. The van der Waals surface area contributed by atoms with Gasteiger partial charge >= 0.3 is 6.18 Å². The molecule has 3 aromatic heterocycles. The van der Waals surface area contributed by atoms with E-state index in [0.29, 0.717) is 11.4 Å². The number of rotatable bonds is 2. The number of pyridine rings is 1. The summed E-state index contributed by atoms with van der Waals surface area (Å²) in [5, 5.41) is 7.55. The second kappa shape index (κ2) is 4.48. The van der Waals surface area contributed by atoms with Gasteiger partial charge in [-0.3, -0.25) is 4.98 Å². The van der Waals surface area contributed by atoms with Gasteiger partial charge < -0.3 is 0 Å². The molecule has 0 saturated carbocycles. The van der Waals surface area contributed by atoms with E-state index in [4.69, 9.17) is 0 Å². The minimum Gasteiger partial charge on any atom is -0.262 e. The molecular formula is C12H8F3N5. The second-order valence-corrected chi connectivity index (χ2v) is 4.00. The molecule has 3 heterocycles. The van der Waals surface area contributed by atoms with Gasteiger partial charge in [-0.2, -0.15) is 23.4 Å². The van der Waals surface area contributed by atoms with Crippen molar-refractivity contribution in [3.63, 3.8) is 0 Å². The molecule has 102 valence electrons. The van der Waals surface area contributed by atoms with Crippen LogP contribution in [0.3, 0.4) is 0 Å². The van der Waals surface area contributed by atoms with E-state index in [1.54, 1.807) is 30.7 Å². The van der Waals surface area contributed by atoms with E-state index in [1.807, 2.05) is 0 Å². The molecule has 0 unspecified atom stereocenters. The Morgan fingerprint density at radius 2 is 1.85 bits per heavy atom. The highest BCUT2D eigenvalue weighted by molar-refractivity contribution is 5.33. The fraction of sp³-hybridized carbons (Fsp3) is 0.0833. The van der Waals surface area contributed by atoms with Crippen LogP contribution in [0.2, 0.25) is 0 Å². The van der Waals surface area contributed by atoms with E-state index in [0.717, 1.165) is 10.7 Å². The summed E-state index contributed by atoms with van der Waals surface area (Å²) in [6.45, 7) is 0. The summed E-state index contributed by atoms with van der Waals surface area (Å²) in [7, 11) is 0. The van der Waals surface area contributed by atoms with E-state index < -0.39 is 11.9 Å². The van der Waals surface area contributed by atoms with Gasteiger partial charge in [0.05, 0.1) is 24.3 Å². The highest BCUT2D eigenvalue weighted by Gasteiger charge is 2.33. The highest BCUT2D eigenvalue weighted by atomic mass is 19.4. The molecule has 0 aliphatic heterocycles. The van der Waals surface area contributed by atoms with Gasteiger partial charge in [0.15, 0.2) is 5.69 Å². The molecular weight excluding hydrogens is 271 g/mol. The molecule has 0 aliphatic carbocycles. The van der Waals surface area contributed by atoms with Crippen molar-refractivity contribution in [1.82, 2.24) is 24.5 Å². The summed E-state index contributed by atoms with van der Waals surface area (Å²) in [4.78, 5) is 3.95. The first-order valence-corrected chi connectivity index (χ1v) is 5.62. The van der Waals surface area contributed by atoms with Crippen LogP contribution in [0.4, 0.5) is 13.2 Å². The van der Waals surface area contributed by atoms with Crippen LogP contribution in [-0.4, -0.2) is 24.5 Å². The third kappa shape index (κ3) is 2.27. The van der Waals surface area contributed by atoms with Crippen molar-refractivity contribution in [2.75, 3.05) is 0 Å². The largest absolute Gasteiger partial charge is 0.435 e. The molecule has 20 heavy (non-hydrogen) atoms. The molecule has 0 spiro atoms. The number of hydrogen-bond donors (Lipinski definition) is 0. The van der Waals surface area contributed by atoms with Crippen LogP contribution in [0.5, 0.6) is 0 Å². The van der Waals surface area contributed by atoms with E-state index in [-0.39, 0.29) is 0 Å². The van der Waals surface area contributed by atoms with E-state index in [9.17, 15) is 13.2 Å². The van der Waals surface area contributed by atoms with Crippen LogP contribution in [0.15, 0.2) is 49.2 Å². The van der Waals surface area contributed by atoms with Crippen molar-refractivity contribution in [3.8, 4) is 11.4 Å². The number of aromatic nitrogens is 5. The molecule has 3 rings (SSSR count). The lowest BCUT2D eigenvalue weighted by molar-refractivity contribution is -0.141. The molecule has 5 nitrogen and oxygen atoms in total. The Kier molecular flexibility index (Phi) is 2.78. The number of halogens is 3. The Morgan fingerprint density at radius 3 is 2.50 bits per heavy atom. The molecule has 0 aliphatic rings. The lowest BCUT2D eigenvalue weighted by atomic mass is 10.4. The maximum Gasteiger partial charge on any atom is 0.435 e. The van der Waals surface area contributed by atoms with Gasteiger partial charge in [-0.1, -0.05) is 0 Å². The number of alkyl halides is 3. The van der Waals surface area contributed by atoms with Gasteiger partial charge in [0, 0.05) is 12.4 Å². The first-order valence-electron chi connectivity index (χ1n) is 5.62. The van der Waals surface area contributed by atoms with Crippen molar-refractivity contribution >= 4 is 0 Å². The minimum absolute atomic E-state index is 0.435. The first-order chi connectivity index (χ1) is 9.54. The Bertz CT molecular complexity index is 714. The molecule has 0 fully saturated rings. The fourth-order valence-corrected chi connectivity index (χ4v) is 1.68. The maximum absolute atomic E-state index is 12.5. The topological polar surface area (TPSA) is 48.5 Å². The van der Waals surface area contributed by atoms with Gasteiger partial charge in [-0.25, -0.2) is 9.36 Å². The SMILES string of the molecule is FC(F)(F)c1ccn(-c2cnn(-c3cccnc3)c2)n1. The Morgan fingerprint density at radius 1 is 1.00 bits per heavy atom. The second-order valence-electron chi connectivity index (χ2n) is 4.00. The molecule has 3 aromatic rings. The average molecular weight is 279 g/mol. The van der Waals surface area contributed by atoms with Crippen LogP contribution in [-0.2, 0) is 6.18 Å². The first kappa shape index (κ1) is 12.4.